The van der Waals surface area contributed by atoms with Crippen LogP contribution in [-0.2, 0) is 0 Å². The van der Waals surface area contributed by atoms with E-state index in [1.165, 1.54) is 0 Å². The van der Waals surface area contributed by atoms with E-state index < -0.39 is 35.2 Å². The minimum absolute atomic E-state index is 0.594. The lowest BCUT2D eigenvalue weighted by atomic mass is 10.2. The first-order valence-electron chi connectivity index (χ1n) is 3.44. The van der Waals surface area contributed by atoms with Crippen molar-refractivity contribution in [1.82, 2.24) is 4.98 Å². The second-order valence-electron chi connectivity index (χ2n) is 2.44. The fraction of sp³-hybridized carbons (Fsp3) is 0.143. The Balaban J connectivity index is 3.31. The SMILES string of the molecule is Nc1nc(C(=O)O)c(O)cc1C(F)F. The van der Waals surface area contributed by atoms with E-state index in [1.54, 1.807) is 0 Å². The number of nitrogens with zero attached hydrogens (tertiary/aromatic N) is 1. The number of carboxylic acids is 1. The standard InChI is InChI=1S/C7H6F2N2O3/c8-5(9)2-1-3(12)4(7(13)14)11-6(2)10/h1,5,12H,(H2,10,11)(H,13,14). The lowest BCUT2D eigenvalue weighted by molar-refractivity contribution is 0.0686. The van der Waals surface area contributed by atoms with Crippen molar-refractivity contribution in [3.8, 4) is 5.75 Å². The van der Waals surface area contributed by atoms with Gasteiger partial charge in [0.15, 0.2) is 5.69 Å². The fourth-order valence-electron chi connectivity index (χ4n) is 0.864. The van der Waals surface area contributed by atoms with Crippen LogP contribution < -0.4 is 5.73 Å². The molecule has 0 spiro atoms. The van der Waals surface area contributed by atoms with Crippen LogP contribution in [-0.4, -0.2) is 21.2 Å². The largest absolute Gasteiger partial charge is 0.505 e. The van der Waals surface area contributed by atoms with Crippen LogP contribution in [0.4, 0.5) is 14.6 Å². The molecule has 76 valence electrons. The van der Waals surface area contributed by atoms with Gasteiger partial charge in [0.25, 0.3) is 6.43 Å². The van der Waals surface area contributed by atoms with Crippen molar-refractivity contribution in [3.05, 3.63) is 17.3 Å². The Kier molecular flexibility index (Phi) is 2.50. The number of aromatic carboxylic acids is 1. The van der Waals surface area contributed by atoms with Crippen LogP contribution in [0.5, 0.6) is 5.75 Å². The molecular formula is C7H6F2N2O3. The molecule has 7 heteroatoms. The molecule has 0 aliphatic carbocycles. The molecule has 0 bridgehead atoms. The second kappa shape index (κ2) is 3.44. The molecule has 4 N–H and O–H groups in total. The van der Waals surface area contributed by atoms with Crippen molar-refractivity contribution >= 4 is 11.8 Å². The molecule has 0 fully saturated rings. The smallest absolute Gasteiger partial charge is 0.358 e. The number of carboxylic acid groups (broad SMARTS) is 1. The Labute approximate surface area is 76.8 Å². The monoisotopic (exact) mass is 204 g/mol. The lowest BCUT2D eigenvalue weighted by Crippen LogP contribution is -2.06. The molecule has 14 heavy (non-hydrogen) atoms. The fourth-order valence-corrected chi connectivity index (χ4v) is 0.864. The number of nitrogens with two attached hydrogens (primary N) is 1. The number of aromatic hydroxyl groups is 1. The van der Waals surface area contributed by atoms with Gasteiger partial charge < -0.3 is 15.9 Å². The Morgan fingerprint density at radius 2 is 2.14 bits per heavy atom. The normalized spacial score (nSPS) is 10.5. The highest BCUT2D eigenvalue weighted by molar-refractivity contribution is 5.89. The van der Waals surface area contributed by atoms with Gasteiger partial charge in [-0.25, -0.2) is 18.6 Å². The van der Waals surface area contributed by atoms with Crippen LogP contribution in [0.2, 0.25) is 0 Å². The van der Waals surface area contributed by atoms with E-state index in [0.29, 0.717) is 6.07 Å². The lowest BCUT2D eigenvalue weighted by Gasteiger charge is -2.05. The number of alkyl halides is 2. The maximum absolute atomic E-state index is 12.2. The molecule has 0 aliphatic rings. The predicted octanol–water partition coefficient (Wildman–Crippen LogP) is 1.01. The third kappa shape index (κ3) is 1.70. The van der Waals surface area contributed by atoms with E-state index in [1.807, 2.05) is 0 Å². The topological polar surface area (TPSA) is 96.4 Å². The summed E-state index contributed by atoms with van der Waals surface area (Å²) in [5.41, 5.74) is 3.63. The minimum atomic E-state index is -2.91. The van der Waals surface area contributed by atoms with Gasteiger partial charge in [0.2, 0.25) is 0 Å². The predicted molar refractivity (Wildman–Crippen MR) is 42.2 cm³/mol. The zero-order valence-corrected chi connectivity index (χ0v) is 6.74. The highest BCUT2D eigenvalue weighted by atomic mass is 19.3. The third-order valence-corrected chi connectivity index (χ3v) is 1.50. The van der Waals surface area contributed by atoms with E-state index in [9.17, 15) is 13.6 Å². The van der Waals surface area contributed by atoms with Crippen molar-refractivity contribution in [3.63, 3.8) is 0 Å². The Bertz CT molecular complexity index is 381. The Hall–Kier alpha value is -1.92. The Morgan fingerprint density at radius 1 is 1.57 bits per heavy atom. The van der Waals surface area contributed by atoms with E-state index in [2.05, 4.69) is 4.98 Å². The van der Waals surface area contributed by atoms with Gasteiger partial charge in [0.1, 0.15) is 11.6 Å². The van der Waals surface area contributed by atoms with Gasteiger partial charge >= 0.3 is 5.97 Å². The van der Waals surface area contributed by atoms with Gasteiger partial charge in [-0.05, 0) is 6.07 Å². The van der Waals surface area contributed by atoms with Crippen LogP contribution in [0.25, 0.3) is 0 Å². The number of rotatable bonds is 2. The average molecular weight is 204 g/mol. The molecule has 0 saturated heterocycles. The van der Waals surface area contributed by atoms with Gasteiger partial charge in [-0.2, -0.15) is 0 Å². The molecule has 0 unspecified atom stereocenters. The van der Waals surface area contributed by atoms with E-state index in [0.717, 1.165) is 0 Å². The first kappa shape index (κ1) is 10.2. The highest BCUT2D eigenvalue weighted by Crippen LogP contribution is 2.28. The summed E-state index contributed by atoms with van der Waals surface area (Å²) >= 11 is 0. The summed E-state index contributed by atoms with van der Waals surface area (Å²) in [5.74, 6) is -2.97. The van der Waals surface area contributed by atoms with E-state index >= 15 is 0 Å². The van der Waals surface area contributed by atoms with Crippen LogP contribution >= 0.6 is 0 Å². The average Bonchev–Trinajstić information content (AvgIpc) is 2.07. The summed E-state index contributed by atoms with van der Waals surface area (Å²) in [6.07, 6.45) is -2.91. The first-order chi connectivity index (χ1) is 6.43. The van der Waals surface area contributed by atoms with Gasteiger partial charge in [-0.1, -0.05) is 0 Å². The third-order valence-electron chi connectivity index (χ3n) is 1.50. The number of nitrogen functional groups attached to an aromatic ring is 1. The first-order valence-corrected chi connectivity index (χ1v) is 3.44. The summed E-state index contributed by atoms with van der Waals surface area (Å²) in [5, 5.41) is 17.5. The summed E-state index contributed by atoms with van der Waals surface area (Å²) in [4.78, 5) is 13.5. The number of pyridine rings is 1. The molecule has 0 amide bonds. The zero-order valence-electron chi connectivity index (χ0n) is 6.74. The van der Waals surface area contributed by atoms with Gasteiger partial charge in [-0.15, -0.1) is 0 Å². The van der Waals surface area contributed by atoms with Crippen molar-refractivity contribution < 1.29 is 23.8 Å². The van der Waals surface area contributed by atoms with Crippen LogP contribution in [0.3, 0.4) is 0 Å². The Morgan fingerprint density at radius 3 is 2.57 bits per heavy atom. The summed E-state index contributed by atoms with van der Waals surface area (Å²) in [6, 6.07) is 0.594. The maximum atomic E-state index is 12.2. The highest BCUT2D eigenvalue weighted by Gasteiger charge is 2.19. The van der Waals surface area contributed by atoms with E-state index in [4.69, 9.17) is 15.9 Å². The number of anilines is 1. The molecular weight excluding hydrogens is 198 g/mol. The zero-order chi connectivity index (χ0) is 10.9. The van der Waals surface area contributed by atoms with Crippen LogP contribution in [0.15, 0.2) is 6.07 Å². The molecule has 1 aromatic heterocycles. The van der Waals surface area contributed by atoms with Gasteiger partial charge in [-0.3, -0.25) is 0 Å². The van der Waals surface area contributed by atoms with Crippen LogP contribution in [0, 0.1) is 0 Å². The van der Waals surface area contributed by atoms with Gasteiger partial charge in [0.05, 0.1) is 5.56 Å². The summed E-state index contributed by atoms with van der Waals surface area (Å²) in [6.45, 7) is 0. The van der Waals surface area contributed by atoms with Crippen LogP contribution in [0.1, 0.15) is 22.5 Å². The van der Waals surface area contributed by atoms with Crippen molar-refractivity contribution in [2.75, 3.05) is 5.73 Å². The molecule has 0 radical (unpaired) electrons. The van der Waals surface area contributed by atoms with Crippen molar-refractivity contribution in [2.45, 2.75) is 6.43 Å². The number of aromatic nitrogens is 1. The number of carbonyl (C=O) groups is 1. The molecule has 1 rings (SSSR count). The molecule has 0 aliphatic heterocycles. The number of halogens is 2. The molecule has 0 aromatic carbocycles. The molecule has 5 nitrogen and oxygen atoms in total. The molecule has 0 saturated carbocycles. The minimum Gasteiger partial charge on any atom is -0.505 e. The van der Waals surface area contributed by atoms with Crippen molar-refractivity contribution in [1.29, 1.82) is 0 Å². The second-order valence-corrected chi connectivity index (χ2v) is 2.44. The number of hydrogen-bond acceptors (Lipinski definition) is 4. The molecule has 0 atom stereocenters. The summed E-state index contributed by atoms with van der Waals surface area (Å²) < 4.78 is 24.3. The molecule has 1 heterocycles. The maximum Gasteiger partial charge on any atom is 0.358 e. The summed E-state index contributed by atoms with van der Waals surface area (Å²) in [7, 11) is 0. The molecule has 1 aromatic rings. The quantitative estimate of drug-likeness (QED) is 0.667. The van der Waals surface area contributed by atoms with E-state index in [-0.39, 0.29) is 0 Å². The number of hydrogen-bond donors (Lipinski definition) is 3. The van der Waals surface area contributed by atoms with Crippen molar-refractivity contribution in [2.24, 2.45) is 0 Å². The van der Waals surface area contributed by atoms with Gasteiger partial charge in [0, 0.05) is 0 Å².